The lowest BCUT2D eigenvalue weighted by Crippen LogP contribution is -2.59. The van der Waals surface area contributed by atoms with Crippen molar-refractivity contribution in [1.82, 2.24) is 29.3 Å². The zero-order valence-electron chi connectivity index (χ0n) is 30.3. The lowest BCUT2D eigenvalue weighted by Gasteiger charge is -2.48. The monoisotopic (exact) mass is 706 g/mol. The van der Waals surface area contributed by atoms with E-state index in [2.05, 4.69) is 52.1 Å². The van der Waals surface area contributed by atoms with Gasteiger partial charge in [0.25, 0.3) is 0 Å². The molecule has 2 amide bonds. The fraction of sp³-hybridized carbons (Fsp3) is 0.525. The van der Waals surface area contributed by atoms with Crippen molar-refractivity contribution < 1.29 is 18.7 Å². The molecule has 1 N–H and O–H groups in total. The van der Waals surface area contributed by atoms with Gasteiger partial charge in [-0.15, -0.1) is 0 Å². The van der Waals surface area contributed by atoms with Crippen LogP contribution in [0.3, 0.4) is 0 Å². The van der Waals surface area contributed by atoms with Gasteiger partial charge in [-0.05, 0) is 96.1 Å². The van der Waals surface area contributed by atoms with Gasteiger partial charge in [0, 0.05) is 48.7 Å². The Morgan fingerprint density at radius 2 is 1.79 bits per heavy atom. The van der Waals surface area contributed by atoms with E-state index in [1.807, 2.05) is 22.5 Å². The van der Waals surface area contributed by atoms with Crippen LogP contribution >= 0.6 is 0 Å². The van der Waals surface area contributed by atoms with Crippen molar-refractivity contribution in [2.45, 2.75) is 89.3 Å². The first kappa shape index (κ1) is 33.4. The van der Waals surface area contributed by atoms with Crippen molar-refractivity contribution in [3.8, 4) is 11.3 Å². The lowest BCUT2D eigenvalue weighted by molar-refractivity contribution is -0.170. The number of aromatic nitrogens is 4. The minimum atomic E-state index is -0.670. The van der Waals surface area contributed by atoms with Gasteiger partial charge < -0.3 is 29.3 Å². The number of ether oxygens (including phenoxy) is 1. The van der Waals surface area contributed by atoms with Crippen molar-refractivity contribution in [2.24, 2.45) is 5.41 Å². The van der Waals surface area contributed by atoms with Crippen LogP contribution in [0.5, 0.6) is 0 Å². The third-order valence-corrected chi connectivity index (χ3v) is 12.5. The highest BCUT2D eigenvalue weighted by molar-refractivity contribution is 6.09. The van der Waals surface area contributed by atoms with Gasteiger partial charge in [0.15, 0.2) is 11.6 Å². The fourth-order valence-electron chi connectivity index (χ4n) is 9.24. The zero-order valence-corrected chi connectivity index (χ0v) is 30.3. The molecule has 1 saturated carbocycles. The van der Waals surface area contributed by atoms with Crippen LogP contribution in [0.1, 0.15) is 77.3 Å². The van der Waals surface area contributed by atoms with Crippen LogP contribution in [0, 0.1) is 11.2 Å². The van der Waals surface area contributed by atoms with Gasteiger partial charge in [-0.3, -0.25) is 14.6 Å². The molecule has 0 atom stereocenters. The Morgan fingerprint density at radius 3 is 2.48 bits per heavy atom. The van der Waals surface area contributed by atoms with Gasteiger partial charge in [0.1, 0.15) is 5.52 Å². The van der Waals surface area contributed by atoms with E-state index in [1.54, 1.807) is 18.6 Å². The molecule has 3 aromatic heterocycles. The summed E-state index contributed by atoms with van der Waals surface area (Å²) in [5.74, 6) is 0.329. The number of likely N-dealkylation sites (tertiary alicyclic amines) is 2. The summed E-state index contributed by atoms with van der Waals surface area (Å²) in [7, 11) is 0. The van der Waals surface area contributed by atoms with Gasteiger partial charge in [-0.25, -0.2) is 14.4 Å². The molecule has 1 spiro atoms. The first-order chi connectivity index (χ1) is 25.1. The number of pyridine rings is 2. The molecule has 11 nitrogen and oxygen atoms in total. The number of halogens is 1. The second-order valence-corrected chi connectivity index (χ2v) is 16.2. The topological polar surface area (TPSA) is 109 Å². The second-order valence-electron chi connectivity index (χ2n) is 16.2. The SMILES string of the molecule is CC(C)n1cnc2cc(-c3ccc4c(c3)N(C3CC(N5CCCCC5)C3)C(=O)C43CCN(C(=O)C4(C)COC4)CC3)nc(Nc3ccncc3F)c21. The van der Waals surface area contributed by atoms with E-state index in [4.69, 9.17) is 14.7 Å². The highest BCUT2D eigenvalue weighted by Gasteiger charge is 2.56. The number of nitrogens with zero attached hydrogens (tertiary/aromatic N) is 7. The van der Waals surface area contributed by atoms with Crippen LogP contribution in [-0.2, 0) is 19.7 Å². The molecular formula is C40H47FN8O3. The molecule has 4 aliphatic heterocycles. The Balaban J connectivity index is 1.09. The summed E-state index contributed by atoms with van der Waals surface area (Å²) in [6.07, 6.45) is 11.5. The molecule has 0 bridgehead atoms. The largest absolute Gasteiger partial charge is 0.379 e. The molecule has 0 unspecified atom stereocenters. The number of imidazole rings is 1. The van der Waals surface area contributed by atoms with Crippen LogP contribution in [0.15, 0.2) is 49.1 Å². The van der Waals surface area contributed by atoms with E-state index >= 15 is 0 Å². The Hall–Kier alpha value is -4.42. The Morgan fingerprint density at radius 1 is 1.02 bits per heavy atom. The molecule has 1 aromatic carbocycles. The smallest absolute Gasteiger partial charge is 0.238 e. The van der Waals surface area contributed by atoms with E-state index < -0.39 is 16.6 Å². The number of hydrogen-bond acceptors (Lipinski definition) is 8. The number of rotatable bonds is 7. The van der Waals surface area contributed by atoms with Gasteiger partial charge >= 0.3 is 0 Å². The molecule has 1 aliphatic carbocycles. The minimum absolute atomic E-state index is 0.110. The van der Waals surface area contributed by atoms with E-state index in [-0.39, 0.29) is 29.6 Å². The summed E-state index contributed by atoms with van der Waals surface area (Å²) in [6.45, 7) is 10.4. The summed E-state index contributed by atoms with van der Waals surface area (Å²) in [5, 5.41) is 3.23. The molecule has 0 radical (unpaired) electrons. The van der Waals surface area contributed by atoms with Crippen LogP contribution in [0.2, 0.25) is 0 Å². The molecule has 9 rings (SSSR count). The molecule has 3 saturated heterocycles. The van der Waals surface area contributed by atoms with Crippen LogP contribution in [-0.4, -0.2) is 92.6 Å². The van der Waals surface area contributed by atoms with E-state index in [9.17, 15) is 14.0 Å². The number of carbonyl (C=O) groups is 2. The second kappa shape index (κ2) is 12.6. The summed E-state index contributed by atoms with van der Waals surface area (Å²) in [4.78, 5) is 48.7. The third-order valence-electron chi connectivity index (χ3n) is 12.5. The normalized spacial score (nSPS) is 23.9. The number of amides is 2. The van der Waals surface area contributed by atoms with Crippen molar-refractivity contribution in [2.75, 3.05) is 49.6 Å². The van der Waals surface area contributed by atoms with Crippen LogP contribution in [0.4, 0.5) is 21.6 Å². The first-order valence-electron chi connectivity index (χ1n) is 19.0. The predicted molar refractivity (Wildman–Crippen MR) is 197 cm³/mol. The number of hydrogen-bond donors (Lipinski definition) is 1. The van der Waals surface area contributed by atoms with Gasteiger partial charge in [-0.2, -0.15) is 0 Å². The molecule has 272 valence electrons. The number of piperidine rings is 2. The lowest BCUT2D eigenvalue weighted by atomic mass is 9.72. The van der Waals surface area contributed by atoms with Crippen molar-refractivity contribution in [3.05, 3.63) is 60.4 Å². The molecule has 4 fully saturated rings. The first-order valence-corrected chi connectivity index (χ1v) is 19.0. The van der Waals surface area contributed by atoms with Crippen LogP contribution in [0.25, 0.3) is 22.3 Å². The maximum atomic E-state index is 14.9. The number of carbonyl (C=O) groups excluding carboxylic acids is 2. The molecule has 12 heteroatoms. The van der Waals surface area contributed by atoms with Gasteiger partial charge in [0.2, 0.25) is 11.8 Å². The number of benzene rings is 1. The minimum Gasteiger partial charge on any atom is -0.379 e. The Kier molecular flexibility index (Phi) is 8.11. The van der Waals surface area contributed by atoms with Crippen molar-refractivity contribution in [3.63, 3.8) is 0 Å². The molecule has 7 heterocycles. The summed E-state index contributed by atoms with van der Waals surface area (Å²) >= 11 is 0. The predicted octanol–water partition coefficient (Wildman–Crippen LogP) is 6.22. The van der Waals surface area contributed by atoms with Gasteiger partial charge in [-0.1, -0.05) is 18.6 Å². The Labute approximate surface area is 303 Å². The zero-order chi connectivity index (χ0) is 35.8. The molecule has 52 heavy (non-hydrogen) atoms. The average molecular weight is 707 g/mol. The average Bonchev–Trinajstić information content (AvgIpc) is 3.66. The maximum absolute atomic E-state index is 14.9. The van der Waals surface area contributed by atoms with E-state index in [1.165, 1.54) is 25.5 Å². The fourth-order valence-corrected chi connectivity index (χ4v) is 9.24. The summed E-state index contributed by atoms with van der Waals surface area (Å²) in [5.41, 5.74) is 4.23. The quantitative estimate of drug-likeness (QED) is 0.242. The molecule has 5 aliphatic rings. The highest BCUT2D eigenvalue weighted by Crippen LogP contribution is 2.52. The summed E-state index contributed by atoms with van der Waals surface area (Å²) < 4.78 is 22.3. The standard InChI is InChI=1S/C40H47FN8O3/c1-25(2)48-24-43-33-20-32(45-36(35(33)48)44-31-9-12-42-21-30(31)41)26-7-8-29-34(17-26)49(28-18-27(19-28)46-13-5-4-6-14-46)38(51)40(29)10-15-47(16-11-40)37(50)39(3)22-52-23-39/h7-9,12,17,20-21,24-25,27-28H,4-6,10-11,13-16,18-19,22-23H2,1-3H3,(H,42,44,45). The van der Waals surface area contributed by atoms with Crippen molar-refractivity contribution >= 4 is 40.0 Å². The molecular weight excluding hydrogens is 659 g/mol. The maximum Gasteiger partial charge on any atom is 0.238 e. The van der Waals surface area contributed by atoms with Crippen molar-refractivity contribution in [1.29, 1.82) is 0 Å². The van der Waals surface area contributed by atoms with E-state index in [0.29, 0.717) is 56.7 Å². The number of fused-ring (bicyclic) bond motifs is 3. The number of nitrogens with one attached hydrogen (secondary N) is 1. The van der Waals surface area contributed by atoms with Gasteiger partial charge in [0.05, 0.1) is 53.5 Å². The van der Waals surface area contributed by atoms with E-state index in [0.717, 1.165) is 53.8 Å². The third kappa shape index (κ3) is 5.31. The highest BCUT2D eigenvalue weighted by atomic mass is 19.1. The Bertz CT molecular complexity index is 2040. The van der Waals surface area contributed by atoms with Crippen LogP contribution < -0.4 is 10.2 Å². The molecule has 4 aromatic rings. The number of anilines is 3. The summed E-state index contributed by atoms with van der Waals surface area (Å²) in [6, 6.07) is 10.6.